The van der Waals surface area contributed by atoms with Gasteiger partial charge in [-0.2, -0.15) is 0 Å². The molecule has 1 saturated heterocycles. The first-order valence-electron chi connectivity index (χ1n) is 9.04. The van der Waals surface area contributed by atoms with Gasteiger partial charge in [-0.3, -0.25) is 4.79 Å². The summed E-state index contributed by atoms with van der Waals surface area (Å²) in [6.45, 7) is 3.13. The number of amides is 1. The molecule has 2 N–H and O–H groups in total. The molecule has 1 aliphatic rings. The topological polar surface area (TPSA) is 99.4 Å². The number of H-pyrrole nitrogens is 1. The van der Waals surface area contributed by atoms with Crippen molar-refractivity contribution < 1.29 is 19.1 Å². The van der Waals surface area contributed by atoms with Crippen LogP contribution in [0.3, 0.4) is 0 Å². The van der Waals surface area contributed by atoms with Gasteiger partial charge in [0, 0.05) is 37.1 Å². The third-order valence-corrected chi connectivity index (χ3v) is 5.24. The number of aromatic amines is 1. The van der Waals surface area contributed by atoms with Crippen LogP contribution in [0.2, 0.25) is 0 Å². The van der Waals surface area contributed by atoms with Crippen LogP contribution in [0.15, 0.2) is 35.0 Å². The summed E-state index contributed by atoms with van der Waals surface area (Å²) in [5.74, 6) is 0.595. The summed E-state index contributed by atoms with van der Waals surface area (Å²) in [5, 5.41) is 10.2. The molecule has 0 aliphatic carbocycles. The Hall–Kier alpha value is -3.09. The van der Waals surface area contributed by atoms with Crippen molar-refractivity contribution in [3.8, 4) is 0 Å². The molecule has 1 amide bonds. The molecule has 140 valence electrons. The number of nitrogens with zero attached hydrogens (tertiary/aromatic N) is 2. The number of carboxylic acid groups (broad SMARTS) is 1. The Bertz CT molecular complexity index is 996. The van der Waals surface area contributed by atoms with Gasteiger partial charge >= 0.3 is 5.97 Å². The predicted molar refractivity (Wildman–Crippen MR) is 98.8 cm³/mol. The number of benzene rings is 1. The molecular formula is C20H21N3O4. The molecule has 0 spiro atoms. The molecule has 1 fully saturated rings. The Kier molecular flexibility index (Phi) is 4.43. The van der Waals surface area contributed by atoms with Crippen molar-refractivity contribution in [2.45, 2.75) is 32.1 Å². The van der Waals surface area contributed by atoms with E-state index in [2.05, 4.69) is 9.97 Å². The number of piperidine rings is 1. The molecule has 3 aromatic rings. The van der Waals surface area contributed by atoms with Gasteiger partial charge in [0.2, 0.25) is 5.91 Å². The Morgan fingerprint density at radius 3 is 2.78 bits per heavy atom. The second kappa shape index (κ2) is 6.90. The number of rotatable bonds is 4. The standard InChI is InChI=1S/C20H21N3O4/c1-12-21-10-15(27-12)9-19(24)23-6-4-13(5-7-23)17-11-22-18-3-2-14(20(25)26)8-16(17)18/h2-3,8,10-11,13,22H,4-7,9H2,1H3,(H,25,26). The highest BCUT2D eigenvalue weighted by molar-refractivity contribution is 5.94. The molecule has 0 unspecified atom stereocenters. The van der Waals surface area contributed by atoms with E-state index >= 15 is 0 Å². The smallest absolute Gasteiger partial charge is 0.335 e. The molecule has 7 heteroatoms. The number of aromatic nitrogens is 2. The van der Waals surface area contributed by atoms with E-state index in [4.69, 9.17) is 4.42 Å². The molecule has 2 aromatic heterocycles. The minimum absolute atomic E-state index is 0.0525. The van der Waals surface area contributed by atoms with Crippen LogP contribution in [-0.2, 0) is 11.2 Å². The molecule has 27 heavy (non-hydrogen) atoms. The molecule has 0 atom stereocenters. The minimum atomic E-state index is -0.924. The van der Waals surface area contributed by atoms with E-state index in [1.54, 1.807) is 31.3 Å². The lowest BCUT2D eigenvalue weighted by Gasteiger charge is -2.32. The fourth-order valence-electron chi connectivity index (χ4n) is 3.80. The zero-order valence-electron chi connectivity index (χ0n) is 15.1. The van der Waals surface area contributed by atoms with Crippen molar-refractivity contribution in [3.63, 3.8) is 0 Å². The highest BCUT2D eigenvalue weighted by Crippen LogP contribution is 2.33. The number of aryl methyl sites for hydroxylation is 1. The molecular weight excluding hydrogens is 346 g/mol. The number of nitrogens with one attached hydrogen (secondary N) is 1. The van der Waals surface area contributed by atoms with Gasteiger partial charge in [0.25, 0.3) is 0 Å². The normalized spacial score (nSPS) is 15.4. The lowest BCUT2D eigenvalue weighted by Crippen LogP contribution is -2.38. The van der Waals surface area contributed by atoms with Crippen LogP contribution in [-0.4, -0.2) is 44.9 Å². The molecule has 1 aromatic carbocycles. The maximum atomic E-state index is 12.5. The number of carboxylic acids is 1. The van der Waals surface area contributed by atoms with Gasteiger partial charge in [-0.15, -0.1) is 0 Å². The largest absolute Gasteiger partial charge is 0.478 e. The van der Waals surface area contributed by atoms with Gasteiger partial charge in [-0.1, -0.05) is 0 Å². The molecule has 3 heterocycles. The van der Waals surface area contributed by atoms with E-state index in [1.165, 1.54) is 0 Å². The third kappa shape index (κ3) is 3.45. The highest BCUT2D eigenvalue weighted by atomic mass is 16.4. The van der Waals surface area contributed by atoms with Gasteiger partial charge < -0.3 is 19.4 Å². The third-order valence-electron chi connectivity index (χ3n) is 5.24. The zero-order chi connectivity index (χ0) is 19.0. The van der Waals surface area contributed by atoms with Crippen molar-refractivity contribution in [1.82, 2.24) is 14.9 Å². The van der Waals surface area contributed by atoms with Gasteiger partial charge in [0.05, 0.1) is 18.2 Å². The van der Waals surface area contributed by atoms with Crippen LogP contribution < -0.4 is 0 Å². The highest BCUT2D eigenvalue weighted by Gasteiger charge is 2.26. The van der Waals surface area contributed by atoms with E-state index in [0.717, 1.165) is 29.3 Å². The second-order valence-corrected chi connectivity index (χ2v) is 6.99. The summed E-state index contributed by atoms with van der Waals surface area (Å²) in [5.41, 5.74) is 2.36. The van der Waals surface area contributed by atoms with Crippen LogP contribution in [0.1, 0.15) is 46.3 Å². The molecule has 4 rings (SSSR count). The summed E-state index contributed by atoms with van der Waals surface area (Å²) >= 11 is 0. The quantitative estimate of drug-likeness (QED) is 0.738. The lowest BCUT2D eigenvalue weighted by molar-refractivity contribution is -0.131. The SMILES string of the molecule is Cc1ncc(CC(=O)N2CCC(c3c[nH]c4ccc(C(=O)O)cc34)CC2)o1. The Morgan fingerprint density at radius 2 is 2.11 bits per heavy atom. The van der Waals surface area contributed by atoms with Crippen molar-refractivity contribution in [1.29, 1.82) is 0 Å². The second-order valence-electron chi connectivity index (χ2n) is 6.99. The van der Waals surface area contributed by atoms with Crippen LogP contribution in [0, 0.1) is 6.92 Å². The van der Waals surface area contributed by atoms with Crippen molar-refractivity contribution in [3.05, 3.63) is 53.4 Å². The average molecular weight is 367 g/mol. The zero-order valence-corrected chi connectivity index (χ0v) is 15.1. The molecule has 0 radical (unpaired) electrons. The van der Waals surface area contributed by atoms with E-state index < -0.39 is 5.97 Å². The van der Waals surface area contributed by atoms with E-state index in [0.29, 0.717) is 36.2 Å². The van der Waals surface area contributed by atoms with Gasteiger partial charge in [0.15, 0.2) is 5.89 Å². The number of carbonyl (C=O) groups excluding carboxylic acids is 1. The summed E-state index contributed by atoms with van der Waals surface area (Å²) in [6, 6.07) is 5.14. The number of hydrogen-bond acceptors (Lipinski definition) is 4. The summed E-state index contributed by atoms with van der Waals surface area (Å²) < 4.78 is 5.39. The number of carbonyl (C=O) groups is 2. The number of likely N-dealkylation sites (tertiary alicyclic amines) is 1. The van der Waals surface area contributed by atoms with Crippen LogP contribution in [0.25, 0.3) is 10.9 Å². The van der Waals surface area contributed by atoms with E-state index in [-0.39, 0.29) is 12.3 Å². The molecule has 0 bridgehead atoms. The van der Waals surface area contributed by atoms with Gasteiger partial charge in [0.1, 0.15) is 5.76 Å². The number of fused-ring (bicyclic) bond motifs is 1. The number of hydrogen-bond donors (Lipinski definition) is 2. The first kappa shape index (κ1) is 17.3. The Labute approximate surface area is 156 Å². The summed E-state index contributed by atoms with van der Waals surface area (Å²) in [6.07, 6.45) is 5.51. The van der Waals surface area contributed by atoms with Crippen LogP contribution in [0.4, 0.5) is 0 Å². The maximum absolute atomic E-state index is 12.5. The van der Waals surface area contributed by atoms with Crippen LogP contribution in [0.5, 0.6) is 0 Å². The fourth-order valence-corrected chi connectivity index (χ4v) is 3.80. The first-order chi connectivity index (χ1) is 13.0. The summed E-state index contributed by atoms with van der Waals surface area (Å²) in [7, 11) is 0. The van der Waals surface area contributed by atoms with Gasteiger partial charge in [-0.05, 0) is 42.5 Å². The molecule has 0 saturated carbocycles. The lowest BCUT2D eigenvalue weighted by atomic mass is 9.88. The van der Waals surface area contributed by atoms with Crippen molar-refractivity contribution in [2.75, 3.05) is 13.1 Å². The predicted octanol–water partition coefficient (Wildman–Crippen LogP) is 3.11. The van der Waals surface area contributed by atoms with E-state index in [1.807, 2.05) is 11.1 Å². The monoisotopic (exact) mass is 367 g/mol. The molecule has 1 aliphatic heterocycles. The molecule has 7 nitrogen and oxygen atoms in total. The minimum Gasteiger partial charge on any atom is -0.478 e. The van der Waals surface area contributed by atoms with Crippen LogP contribution >= 0.6 is 0 Å². The number of aromatic carboxylic acids is 1. The average Bonchev–Trinajstić information content (AvgIpc) is 3.27. The van der Waals surface area contributed by atoms with E-state index in [9.17, 15) is 14.7 Å². The fraction of sp³-hybridized carbons (Fsp3) is 0.350. The Balaban J connectivity index is 1.44. The van der Waals surface area contributed by atoms with Crippen molar-refractivity contribution in [2.24, 2.45) is 0 Å². The van der Waals surface area contributed by atoms with Crippen molar-refractivity contribution >= 4 is 22.8 Å². The Morgan fingerprint density at radius 1 is 1.33 bits per heavy atom. The first-order valence-corrected chi connectivity index (χ1v) is 9.04. The number of oxazole rings is 1. The maximum Gasteiger partial charge on any atom is 0.335 e. The van der Waals surface area contributed by atoms with Gasteiger partial charge in [-0.25, -0.2) is 9.78 Å². The summed E-state index contributed by atoms with van der Waals surface area (Å²) in [4.78, 5) is 32.8.